The Labute approximate surface area is 69.8 Å². The van der Waals surface area contributed by atoms with Gasteiger partial charge in [-0.1, -0.05) is 5.10 Å². The van der Waals surface area contributed by atoms with Crippen LogP contribution in [0.3, 0.4) is 0 Å². The lowest BCUT2D eigenvalue weighted by atomic mass is 10.3. The first-order chi connectivity index (χ1) is 5.75. The number of aromatic nitrogens is 4. The number of tetrazole rings is 1. The topological polar surface area (TPSA) is 67.1 Å². The molecule has 1 aliphatic rings. The largest absolute Gasteiger partial charge is 0.391 e. The van der Waals surface area contributed by atoms with Crippen LogP contribution < -0.4 is 4.90 Å². The predicted octanol–water partition coefficient (Wildman–Crippen LogP) is -1.22. The summed E-state index contributed by atoms with van der Waals surface area (Å²) in [5.41, 5.74) is 0. The number of aliphatic hydroxyl groups excluding tert-OH is 1. The average Bonchev–Trinajstić information content (AvgIpc) is 2.58. The fourth-order valence-corrected chi connectivity index (χ4v) is 1.32. The van der Waals surface area contributed by atoms with Gasteiger partial charge >= 0.3 is 0 Å². The molecule has 0 bridgehead atoms. The fraction of sp³-hybridized carbons (Fsp3) is 0.833. The molecule has 0 aliphatic carbocycles. The molecule has 0 aromatic carbocycles. The van der Waals surface area contributed by atoms with E-state index in [-0.39, 0.29) is 6.10 Å². The van der Waals surface area contributed by atoms with Gasteiger partial charge in [0.05, 0.1) is 13.2 Å². The van der Waals surface area contributed by atoms with E-state index in [2.05, 4.69) is 15.4 Å². The minimum atomic E-state index is -0.242. The molecule has 0 unspecified atom stereocenters. The first kappa shape index (κ1) is 7.48. The van der Waals surface area contributed by atoms with Crippen molar-refractivity contribution in [1.82, 2.24) is 20.2 Å². The quantitative estimate of drug-likeness (QED) is 0.571. The van der Waals surface area contributed by atoms with Gasteiger partial charge in [0.1, 0.15) is 0 Å². The molecule has 0 saturated carbocycles. The summed E-state index contributed by atoms with van der Waals surface area (Å²) >= 11 is 0. The lowest BCUT2D eigenvalue weighted by Crippen LogP contribution is -2.22. The van der Waals surface area contributed by atoms with Crippen LogP contribution in [0.25, 0.3) is 0 Å². The number of rotatable bonds is 1. The molecule has 1 fully saturated rings. The molecule has 1 aromatic rings. The highest BCUT2D eigenvalue weighted by Gasteiger charge is 2.23. The van der Waals surface area contributed by atoms with Crippen LogP contribution in [0, 0.1) is 0 Å². The van der Waals surface area contributed by atoms with Crippen LogP contribution in [0.5, 0.6) is 0 Å². The third-order valence-corrected chi connectivity index (χ3v) is 1.94. The van der Waals surface area contributed by atoms with Crippen molar-refractivity contribution in [3.05, 3.63) is 0 Å². The van der Waals surface area contributed by atoms with Gasteiger partial charge in [0.2, 0.25) is 0 Å². The molecule has 1 aliphatic heterocycles. The van der Waals surface area contributed by atoms with Crippen molar-refractivity contribution in [3.63, 3.8) is 0 Å². The van der Waals surface area contributed by atoms with Crippen molar-refractivity contribution >= 4 is 5.95 Å². The fourth-order valence-electron chi connectivity index (χ4n) is 1.32. The molecule has 0 amide bonds. The highest BCUT2D eigenvalue weighted by atomic mass is 16.3. The highest BCUT2D eigenvalue weighted by Crippen LogP contribution is 2.13. The monoisotopic (exact) mass is 169 g/mol. The smallest absolute Gasteiger partial charge is 0.266 e. The van der Waals surface area contributed by atoms with E-state index in [1.807, 2.05) is 4.90 Å². The summed E-state index contributed by atoms with van der Waals surface area (Å²) in [6.45, 7) is 1.43. The first-order valence-electron chi connectivity index (χ1n) is 3.93. The normalized spacial score (nSPS) is 23.5. The third kappa shape index (κ3) is 1.25. The van der Waals surface area contributed by atoms with Crippen LogP contribution >= 0.6 is 0 Å². The second-order valence-electron chi connectivity index (χ2n) is 2.97. The SMILES string of the molecule is Cn1nnc(N2CC[C@@H](O)C2)n1. The predicted molar refractivity (Wildman–Crippen MR) is 41.6 cm³/mol. The van der Waals surface area contributed by atoms with Crippen molar-refractivity contribution in [3.8, 4) is 0 Å². The van der Waals surface area contributed by atoms with Crippen molar-refractivity contribution < 1.29 is 5.11 Å². The van der Waals surface area contributed by atoms with E-state index in [9.17, 15) is 5.11 Å². The van der Waals surface area contributed by atoms with Crippen LogP contribution in [0.1, 0.15) is 6.42 Å². The van der Waals surface area contributed by atoms with Gasteiger partial charge in [-0.05, 0) is 11.6 Å². The Morgan fingerprint density at radius 1 is 1.58 bits per heavy atom. The number of aliphatic hydroxyl groups is 1. The van der Waals surface area contributed by atoms with Gasteiger partial charge < -0.3 is 10.0 Å². The Bertz CT molecular complexity index is 273. The van der Waals surface area contributed by atoms with Crippen molar-refractivity contribution in [2.75, 3.05) is 18.0 Å². The second kappa shape index (κ2) is 2.71. The van der Waals surface area contributed by atoms with E-state index in [0.29, 0.717) is 12.5 Å². The van der Waals surface area contributed by atoms with Crippen LogP contribution in [0.2, 0.25) is 0 Å². The number of nitrogens with zero attached hydrogens (tertiary/aromatic N) is 5. The Kier molecular flexibility index (Phi) is 1.69. The van der Waals surface area contributed by atoms with Crippen molar-refractivity contribution in [2.45, 2.75) is 12.5 Å². The second-order valence-corrected chi connectivity index (χ2v) is 2.97. The number of anilines is 1. The maximum absolute atomic E-state index is 9.24. The Morgan fingerprint density at radius 3 is 2.92 bits per heavy atom. The molecule has 1 aromatic heterocycles. The minimum absolute atomic E-state index is 0.242. The molecule has 12 heavy (non-hydrogen) atoms. The zero-order valence-corrected chi connectivity index (χ0v) is 6.88. The first-order valence-corrected chi connectivity index (χ1v) is 3.93. The van der Waals surface area contributed by atoms with E-state index in [0.717, 1.165) is 13.0 Å². The van der Waals surface area contributed by atoms with Crippen molar-refractivity contribution in [1.29, 1.82) is 0 Å². The van der Waals surface area contributed by atoms with Gasteiger partial charge in [0.15, 0.2) is 0 Å². The molecular formula is C6H11N5O. The lowest BCUT2D eigenvalue weighted by Gasteiger charge is -2.10. The molecule has 66 valence electrons. The van der Waals surface area contributed by atoms with Crippen molar-refractivity contribution in [2.24, 2.45) is 7.05 Å². The van der Waals surface area contributed by atoms with Gasteiger partial charge in [-0.15, -0.1) is 5.10 Å². The molecule has 1 N–H and O–H groups in total. The maximum atomic E-state index is 9.24. The van der Waals surface area contributed by atoms with Gasteiger partial charge in [0.25, 0.3) is 5.95 Å². The van der Waals surface area contributed by atoms with Crippen LogP contribution in [-0.2, 0) is 7.05 Å². The van der Waals surface area contributed by atoms with Gasteiger partial charge in [-0.2, -0.15) is 4.80 Å². The van der Waals surface area contributed by atoms with E-state index in [1.54, 1.807) is 7.05 Å². The molecule has 2 rings (SSSR count). The summed E-state index contributed by atoms with van der Waals surface area (Å²) in [5, 5.41) is 20.8. The zero-order valence-electron chi connectivity index (χ0n) is 6.88. The Hall–Kier alpha value is -1.17. The summed E-state index contributed by atoms with van der Waals surface area (Å²) in [7, 11) is 1.73. The van der Waals surface area contributed by atoms with Gasteiger partial charge in [0, 0.05) is 13.1 Å². The summed E-state index contributed by atoms with van der Waals surface area (Å²) in [6.07, 6.45) is 0.548. The molecule has 6 heteroatoms. The Balaban J connectivity index is 2.11. The summed E-state index contributed by atoms with van der Waals surface area (Å²) in [4.78, 5) is 3.34. The van der Waals surface area contributed by atoms with Gasteiger partial charge in [-0.25, -0.2) is 0 Å². The number of hydrogen-bond acceptors (Lipinski definition) is 5. The van der Waals surface area contributed by atoms with Crippen LogP contribution in [0.15, 0.2) is 0 Å². The number of aryl methyl sites for hydroxylation is 1. The summed E-state index contributed by atoms with van der Waals surface area (Å²) in [6, 6.07) is 0. The zero-order chi connectivity index (χ0) is 8.55. The molecule has 0 spiro atoms. The van der Waals surface area contributed by atoms with E-state index >= 15 is 0 Å². The molecule has 6 nitrogen and oxygen atoms in total. The summed E-state index contributed by atoms with van der Waals surface area (Å²) in [5.74, 6) is 0.606. The van der Waals surface area contributed by atoms with E-state index < -0.39 is 0 Å². The minimum Gasteiger partial charge on any atom is -0.391 e. The van der Waals surface area contributed by atoms with Crippen LogP contribution in [0.4, 0.5) is 5.95 Å². The van der Waals surface area contributed by atoms with E-state index in [4.69, 9.17) is 0 Å². The molecular weight excluding hydrogens is 158 g/mol. The molecule has 0 radical (unpaired) electrons. The highest BCUT2D eigenvalue weighted by molar-refractivity contribution is 5.28. The summed E-state index contributed by atoms with van der Waals surface area (Å²) < 4.78 is 0. The maximum Gasteiger partial charge on any atom is 0.266 e. The molecule has 1 saturated heterocycles. The average molecular weight is 169 g/mol. The Morgan fingerprint density at radius 2 is 2.42 bits per heavy atom. The molecule has 1 atom stereocenters. The number of β-amino-alcohol motifs (C(OH)–C–C–N with tert-alkyl or cyclic N) is 1. The third-order valence-electron chi connectivity index (χ3n) is 1.94. The number of hydrogen-bond donors (Lipinski definition) is 1. The van der Waals surface area contributed by atoms with Crippen LogP contribution in [-0.4, -0.2) is 44.5 Å². The molecule has 2 heterocycles. The standard InChI is InChI=1S/C6H11N5O/c1-10-8-6(7-9-10)11-3-2-5(12)4-11/h5,12H,2-4H2,1H3/t5-/m1/s1. The lowest BCUT2D eigenvalue weighted by molar-refractivity contribution is 0.198. The van der Waals surface area contributed by atoms with E-state index in [1.165, 1.54) is 4.80 Å². The van der Waals surface area contributed by atoms with Gasteiger partial charge in [-0.3, -0.25) is 0 Å².